The highest BCUT2D eigenvalue weighted by atomic mass is 35.5. The maximum absolute atomic E-state index is 12.6. The Kier molecular flexibility index (Phi) is 7.33. The average molecular weight is 485 g/mol. The fourth-order valence-corrected chi connectivity index (χ4v) is 5.20. The van der Waals surface area contributed by atoms with Crippen molar-refractivity contribution in [1.82, 2.24) is 4.31 Å². The number of halogens is 1. The summed E-state index contributed by atoms with van der Waals surface area (Å²) in [5.74, 6) is 1.22. The van der Waals surface area contributed by atoms with Gasteiger partial charge in [-0.2, -0.15) is 4.31 Å². The van der Waals surface area contributed by atoms with Crippen LogP contribution in [0.4, 0.5) is 5.69 Å². The molecule has 0 aromatic heterocycles. The lowest BCUT2D eigenvalue weighted by molar-refractivity contribution is 0.284. The number of methoxy groups -OCH3 is 1. The van der Waals surface area contributed by atoms with Crippen LogP contribution in [-0.4, -0.2) is 39.1 Å². The van der Waals surface area contributed by atoms with E-state index in [1.54, 1.807) is 37.6 Å². The molecular weight excluding hydrogens is 460 g/mol. The highest BCUT2D eigenvalue weighted by molar-refractivity contribution is 7.89. The van der Waals surface area contributed by atoms with Gasteiger partial charge in [0.25, 0.3) is 0 Å². The minimum Gasteiger partial charge on any atom is -0.493 e. The first-order valence-corrected chi connectivity index (χ1v) is 12.5. The molecule has 0 bridgehead atoms. The lowest BCUT2D eigenvalue weighted by atomic mass is 10.2. The summed E-state index contributed by atoms with van der Waals surface area (Å²) in [6.07, 6.45) is 3.53. The van der Waals surface area contributed by atoms with Crippen molar-refractivity contribution in [2.24, 2.45) is 4.99 Å². The van der Waals surface area contributed by atoms with Crippen LogP contribution in [-0.2, 0) is 16.6 Å². The Balaban J connectivity index is 1.42. The van der Waals surface area contributed by atoms with Crippen LogP contribution in [0.5, 0.6) is 11.5 Å². The molecule has 3 aromatic rings. The van der Waals surface area contributed by atoms with Gasteiger partial charge < -0.3 is 9.47 Å². The third-order valence-electron chi connectivity index (χ3n) is 5.40. The summed E-state index contributed by atoms with van der Waals surface area (Å²) < 4.78 is 38.2. The predicted molar refractivity (Wildman–Crippen MR) is 130 cm³/mol. The van der Waals surface area contributed by atoms with E-state index in [4.69, 9.17) is 21.1 Å². The lowest BCUT2D eigenvalue weighted by Gasteiger charge is -2.15. The molecule has 1 saturated heterocycles. The molecule has 0 atom stereocenters. The van der Waals surface area contributed by atoms with Gasteiger partial charge in [0.1, 0.15) is 6.61 Å². The minimum atomic E-state index is -3.42. The van der Waals surface area contributed by atoms with E-state index in [-0.39, 0.29) is 0 Å². The largest absolute Gasteiger partial charge is 0.493 e. The SMILES string of the molecule is COc1cc(C=Nc2ccc(S(=O)(=O)N3CCCC3)cc2)ccc1OCc1ccc(Cl)cc1. The van der Waals surface area contributed by atoms with Crippen LogP contribution in [0.15, 0.2) is 76.6 Å². The molecule has 0 spiro atoms. The molecule has 172 valence electrons. The quantitative estimate of drug-likeness (QED) is 0.398. The minimum absolute atomic E-state index is 0.298. The Morgan fingerprint density at radius 3 is 2.33 bits per heavy atom. The average Bonchev–Trinajstić information content (AvgIpc) is 3.39. The van der Waals surface area contributed by atoms with Crippen molar-refractivity contribution in [1.29, 1.82) is 0 Å². The van der Waals surface area contributed by atoms with Crippen molar-refractivity contribution in [3.05, 3.63) is 82.9 Å². The van der Waals surface area contributed by atoms with E-state index in [9.17, 15) is 8.42 Å². The molecule has 6 nitrogen and oxygen atoms in total. The van der Waals surface area contributed by atoms with Crippen LogP contribution in [0.3, 0.4) is 0 Å². The van der Waals surface area contributed by atoms with Crippen molar-refractivity contribution >= 4 is 33.5 Å². The molecule has 1 aliphatic rings. The van der Waals surface area contributed by atoms with Gasteiger partial charge in [-0.25, -0.2) is 8.42 Å². The van der Waals surface area contributed by atoms with E-state index in [1.807, 2.05) is 42.5 Å². The van der Waals surface area contributed by atoms with Crippen LogP contribution in [0.2, 0.25) is 5.02 Å². The molecule has 1 heterocycles. The highest BCUT2D eigenvalue weighted by Crippen LogP contribution is 2.29. The summed E-state index contributed by atoms with van der Waals surface area (Å²) in [7, 11) is -1.83. The van der Waals surface area contributed by atoms with Crippen molar-refractivity contribution in [2.45, 2.75) is 24.3 Å². The highest BCUT2D eigenvalue weighted by Gasteiger charge is 2.26. The van der Waals surface area contributed by atoms with Gasteiger partial charge in [-0.1, -0.05) is 23.7 Å². The van der Waals surface area contributed by atoms with E-state index in [1.165, 1.54) is 4.31 Å². The van der Waals surface area contributed by atoms with Crippen molar-refractivity contribution in [3.63, 3.8) is 0 Å². The summed E-state index contributed by atoms with van der Waals surface area (Å²) >= 11 is 5.92. The van der Waals surface area contributed by atoms with Gasteiger partial charge in [-0.15, -0.1) is 0 Å². The van der Waals surface area contributed by atoms with Crippen molar-refractivity contribution in [3.8, 4) is 11.5 Å². The van der Waals surface area contributed by atoms with Gasteiger partial charge in [0.15, 0.2) is 11.5 Å². The van der Waals surface area contributed by atoms with Gasteiger partial charge in [-0.05, 0) is 78.6 Å². The molecule has 0 unspecified atom stereocenters. The second-order valence-corrected chi connectivity index (χ2v) is 10.1. The molecule has 1 aliphatic heterocycles. The Morgan fingerprint density at radius 1 is 0.970 bits per heavy atom. The molecule has 4 rings (SSSR count). The van der Waals surface area contributed by atoms with Crippen molar-refractivity contribution < 1.29 is 17.9 Å². The maximum Gasteiger partial charge on any atom is 0.243 e. The standard InChI is InChI=1S/C25H25ClN2O4S/c1-31-25-16-20(6-13-24(25)32-18-19-4-7-21(26)8-5-19)17-27-22-9-11-23(12-10-22)33(29,30)28-14-2-3-15-28/h4-13,16-17H,2-3,14-15,18H2,1H3. The van der Waals surface area contributed by atoms with Crippen LogP contribution in [0.1, 0.15) is 24.0 Å². The maximum atomic E-state index is 12.6. The van der Waals surface area contributed by atoms with E-state index in [0.717, 1.165) is 24.0 Å². The van der Waals surface area contributed by atoms with E-state index < -0.39 is 10.0 Å². The normalized spacial score (nSPS) is 14.6. The monoisotopic (exact) mass is 484 g/mol. The number of nitrogens with zero attached hydrogens (tertiary/aromatic N) is 2. The Morgan fingerprint density at radius 2 is 1.67 bits per heavy atom. The molecule has 33 heavy (non-hydrogen) atoms. The molecule has 0 amide bonds. The van der Waals surface area contributed by atoms with Crippen LogP contribution >= 0.6 is 11.6 Å². The summed E-state index contributed by atoms with van der Waals surface area (Å²) in [6, 6.07) is 19.7. The Hall–Kier alpha value is -2.87. The van der Waals surface area contributed by atoms with Gasteiger partial charge in [0.2, 0.25) is 10.0 Å². The number of hydrogen-bond acceptors (Lipinski definition) is 5. The van der Waals surface area contributed by atoms with Crippen molar-refractivity contribution in [2.75, 3.05) is 20.2 Å². The lowest BCUT2D eigenvalue weighted by Crippen LogP contribution is -2.27. The van der Waals surface area contributed by atoms with Crippen LogP contribution < -0.4 is 9.47 Å². The number of aliphatic imine (C=N–C) groups is 1. The molecule has 3 aromatic carbocycles. The molecule has 8 heteroatoms. The second kappa shape index (κ2) is 10.4. The van der Waals surface area contributed by atoms with Gasteiger partial charge in [-0.3, -0.25) is 4.99 Å². The second-order valence-electron chi connectivity index (χ2n) is 7.69. The number of rotatable bonds is 8. The van der Waals surface area contributed by atoms with Crippen LogP contribution in [0, 0.1) is 0 Å². The summed E-state index contributed by atoms with van der Waals surface area (Å²) in [4.78, 5) is 4.76. The zero-order valence-corrected chi connectivity index (χ0v) is 19.8. The van der Waals surface area contributed by atoms with Gasteiger partial charge in [0, 0.05) is 24.3 Å². The fraction of sp³-hybridized carbons (Fsp3) is 0.240. The Labute approximate surface area is 199 Å². The first-order valence-electron chi connectivity index (χ1n) is 10.7. The van der Waals surface area contributed by atoms with E-state index >= 15 is 0 Å². The van der Waals surface area contributed by atoms with Crippen LogP contribution in [0.25, 0.3) is 0 Å². The summed E-state index contributed by atoms with van der Waals surface area (Å²) in [5.41, 5.74) is 2.50. The predicted octanol–water partition coefficient (Wildman–Crippen LogP) is 5.46. The first kappa shape index (κ1) is 23.3. The number of ether oxygens (including phenoxy) is 2. The molecule has 0 aliphatic carbocycles. The third-order valence-corrected chi connectivity index (χ3v) is 7.56. The zero-order chi connectivity index (χ0) is 23.3. The fourth-order valence-electron chi connectivity index (χ4n) is 3.56. The third kappa shape index (κ3) is 5.74. The molecule has 0 N–H and O–H groups in total. The smallest absolute Gasteiger partial charge is 0.243 e. The van der Waals surface area contributed by atoms with Gasteiger partial charge in [0.05, 0.1) is 17.7 Å². The molecule has 0 saturated carbocycles. The number of sulfonamides is 1. The molecule has 0 radical (unpaired) electrons. The van der Waals surface area contributed by atoms with E-state index in [0.29, 0.717) is 46.8 Å². The zero-order valence-electron chi connectivity index (χ0n) is 18.3. The molecular formula is C25H25ClN2O4S. The summed E-state index contributed by atoms with van der Waals surface area (Å²) in [5, 5.41) is 0.683. The number of benzene rings is 3. The molecule has 1 fully saturated rings. The summed E-state index contributed by atoms with van der Waals surface area (Å²) in [6.45, 7) is 1.57. The first-order chi connectivity index (χ1) is 16.0. The van der Waals surface area contributed by atoms with Gasteiger partial charge >= 0.3 is 0 Å². The topological polar surface area (TPSA) is 68.2 Å². The Bertz CT molecular complexity index is 1220. The van der Waals surface area contributed by atoms with E-state index in [2.05, 4.69) is 4.99 Å². The number of hydrogen-bond donors (Lipinski definition) is 0.